The molecule has 3 aromatic rings. The monoisotopic (exact) mass is 427 g/mol. The predicted octanol–water partition coefficient (Wildman–Crippen LogP) is 3.94. The Morgan fingerprint density at radius 1 is 1.16 bits per heavy atom. The second kappa shape index (κ2) is 9.13. The van der Waals surface area contributed by atoms with Gasteiger partial charge in [0.1, 0.15) is 11.3 Å². The van der Waals surface area contributed by atoms with Gasteiger partial charge in [-0.3, -0.25) is 14.1 Å². The third-order valence-corrected chi connectivity index (χ3v) is 7.11. The molecule has 6 nitrogen and oxygen atoms in total. The van der Waals surface area contributed by atoms with Crippen molar-refractivity contribution in [3.63, 3.8) is 0 Å². The number of fused-ring (bicyclic) bond motifs is 2. The topological polar surface area (TPSA) is 73.4 Å². The zero-order valence-corrected chi connectivity index (χ0v) is 18.3. The van der Waals surface area contributed by atoms with Crippen LogP contribution in [-0.4, -0.2) is 39.3 Å². The van der Waals surface area contributed by atoms with Crippen molar-refractivity contribution in [2.45, 2.75) is 51.1 Å². The van der Waals surface area contributed by atoms with E-state index in [9.17, 15) is 4.79 Å². The highest BCUT2D eigenvalue weighted by molar-refractivity contribution is 5.93. The quantitative estimate of drug-likeness (QED) is 0.669. The Morgan fingerprint density at radius 2 is 2.03 bits per heavy atom. The first kappa shape index (κ1) is 20.7. The van der Waals surface area contributed by atoms with Crippen LogP contribution in [0.3, 0.4) is 0 Å². The van der Waals surface area contributed by atoms with Gasteiger partial charge >= 0.3 is 0 Å². The van der Waals surface area contributed by atoms with E-state index in [4.69, 9.17) is 5.26 Å². The van der Waals surface area contributed by atoms with Gasteiger partial charge in [0.2, 0.25) is 0 Å². The number of nitrogens with one attached hydrogen (secondary N) is 1. The number of pyridine rings is 1. The highest BCUT2D eigenvalue weighted by Crippen LogP contribution is 2.28. The Morgan fingerprint density at radius 3 is 2.88 bits per heavy atom. The van der Waals surface area contributed by atoms with Gasteiger partial charge in [-0.2, -0.15) is 5.26 Å². The second-order valence-electron chi connectivity index (χ2n) is 9.17. The fraction of sp³-hybridized carbons (Fsp3) is 0.423. The number of imidazole rings is 1. The van der Waals surface area contributed by atoms with Crippen molar-refractivity contribution in [1.82, 2.24) is 19.6 Å². The molecule has 164 valence electrons. The molecule has 0 spiro atoms. The number of hydrogen-bond donors (Lipinski definition) is 1. The zero-order chi connectivity index (χ0) is 21.9. The molecule has 2 aliphatic rings. The lowest BCUT2D eigenvalue weighted by atomic mass is 9.84. The first-order valence-electron chi connectivity index (χ1n) is 11.7. The van der Waals surface area contributed by atoms with Gasteiger partial charge < -0.3 is 5.32 Å². The average molecular weight is 428 g/mol. The fourth-order valence-corrected chi connectivity index (χ4v) is 5.20. The molecule has 0 unspecified atom stereocenters. The molecule has 6 heteroatoms. The van der Waals surface area contributed by atoms with Crippen molar-refractivity contribution in [2.75, 3.05) is 13.1 Å². The van der Waals surface area contributed by atoms with Crippen LogP contribution < -0.4 is 5.32 Å². The van der Waals surface area contributed by atoms with Crippen molar-refractivity contribution < 1.29 is 4.79 Å². The summed E-state index contributed by atoms with van der Waals surface area (Å²) in [5.41, 5.74) is 4.87. The average Bonchev–Trinajstić information content (AvgIpc) is 3.27. The standard InChI is InChI=1S/C26H29N5O/c27-16-20-4-7-21-11-14-30(18-22(21)15-20)13-10-19-5-8-23(9-6-19)29-26(32)24-17-28-25-3-1-2-12-31(24)25/h1-4,7,12,15,17,19,23H,5-6,8-11,13-14,18H2,(H,29,32). The molecule has 1 aliphatic carbocycles. The molecule has 0 saturated heterocycles. The number of rotatable bonds is 5. The zero-order valence-electron chi connectivity index (χ0n) is 18.3. The highest BCUT2D eigenvalue weighted by atomic mass is 16.2. The highest BCUT2D eigenvalue weighted by Gasteiger charge is 2.25. The Hall–Kier alpha value is -3.17. The first-order valence-corrected chi connectivity index (χ1v) is 11.7. The van der Waals surface area contributed by atoms with E-state index in [0.717, 1.165) is 56.0 Å². The summed E-state index contributed by atoms with van der Waals surface area (Å²) >= 11 is 0. The lowest BCUT2D eigenvalue weighted by Crippen LogP contribution is -2.38. The lowest BCUT2D eigenvalue weighted by Gasteiger charge is -2.33. The molecule has 1 aliphatic heterocycles. The van der Waals surface area contributed by atoms with Gasteiger partial charge in [0.15, 0.2) is 0 Å². The van der Waals surface area contributed by atoms with Crippen molar-refractivity contribution in [2.24, 2.45) is 5.92 Å². The van der Waals surface area contributed by atoms with E-state index in [1.165, 1.54) is 30.4 Å². The molecule has 1 amide bonds. The van der Waals surface area contributed by atoms with Gasteiger partial charge in [-0.25, -0.2) is 4.98 Å². The van der Waals surface area contributed by atoms with Crippen LogP contribution in [-0.2, 0) is 13.0 Å². The normalized spacial score (nSPS) is 21.1. The molecule has 5 rings (SSSR count). The second-order valence-corrected chi connectivity index (χ2v) is 9.17. The molecule has 2 aromatic heterocycles. The van der Waals surface area contributed by atoms with Gasteiger partial charge in [0.05, 0.1) is 17.8 Å². The summed E-state index contributed by atoms with van der Waals surface area (Å²) in [5, 5.41) is 12.4. The van der Waals surface area contributed by atoms with Crippen LogP contribution in [0.5, 0.6) is 0 Å². The van der Waals surface area contributed by atoms with Crippen molar-refractivity contribution >= 4 is 11.6 Å². The number of benzene rings is 1. The summed E-state index contributed by atoms with van der Waals surface area (Å²) in [6, 6.07) is 14.4. The number of nitriles is 1. The molecule has 1 aromatic carbocycles. The van der Waals surface area contributed by atoms with Crippen LogP contribution in [0.2, 0.25) is 0 Å². The maximum absolute atomic E-state index is 12.7. The molecule has 3 heterocycles. The van der Waals surface area contributed by atoms with E-state index < -0.39 is 0 Å². The third kappa shape index (κ3) is 4.39. The Bertz CT molecular complexity index is 1150. The van der Waals surface area contributed by atoms with Gasteiger partial charge in [0, 0.05) is 25.3 Å². The maximum Gasteiger partial charge on any atom is 0.270 e. The number of aromatic nitrogens is 2. The van der Waals surface area contributed by atoms with Crippen LogP contribution in [0.25, 0.3) is 5.65 Å². The molecule has 1 saturated carbocycles. The molecular weight excluding hydrogens is 398 g/mol. The first-order chi connectivity index (χ1) is 15.7. The van der Waals surface area contributed by atoms with Gasteiger partial charge in [-0.05, 0) is 86.4 Å². The number of carbonyl (C=O) groups is 1. The summed E-state index contributed by atoms with van der Waals surface area (Å²) in [5.74, 6) is 0.696. The minimum atomic E-state index is -0.0316. The molecule has 32 heavy (non-hydrogen) atoms. The van der Waals surface area contributed by atoms with E-state index >= 15 is 0 Å². The maximum atomic E-state index is 12.7. The van der Waals surface area contributed by atoms with Gasteiger partial charge in [-0.15, -0.1) is 0 Å². The van der Waals surface area contributed by atoms with Crippen molar-refractivity contribution in [1.29, 1.82) is 5.26 Å². The van der Waals surface area contributed by atoms with E-state index in [-0.39, 0.29) is 11.9 Å². The third-order valence-electron chi connectivity index (χ3n) is 7.11. The van der Waals surface area contributed by atoms with E-state index in [1.54, 1.807) is 6.20 Å². The predicted molar refractivity (Wildman–Crippen MR) is 123 cm³/mol. The molecular formula is C26H29N5O. The largest absolute Gasteiger partial charge is 0.348 e. The Balaban J connectivity index is 1.08. The van der Waals surface area contributed by atoms with Crippen LogP contribution in [0.15, 0.2) is 48.8 Å². The van der Waals surface area contributed by atoms with E-state index in [2.05, 4.69) is 33.4 Å². The van der Waals surface area contributed by atoms with Gasteiger partial charge in [0.25, 0.3) is 5.91 Å². The molecule has 1 fully saturated rings. The number of carbonyl (C=O) groups excluding carboxylic acids is 1. The SMILES string of the molecule is N#Cc1ccc2c(c1)CN(CCC1CCC(NC(=O)c3cnc4ccccn34)CC1)CC2. The molecule has 0 atom stereocenters. The van der Waals surface area contributed by atoms with Crippen molar-refractivity contribution in [3.05, 3.63) is 71.2 Å². The molecule has 0 bridgehead atoms. The van der Waals surface area contributed by atoms with Gasteiger partial charge in [-0.1, -0.05) is 12.1 Å². The molecule has 0 radical (unpaired) electrons. The summed E-state index contributed by atoms with van der Waals surface area (Å²) in [4.78, 5) is 19.6. The van der Waals surface area contributed by atoms with Crippen LogP contribution in [0.4, 0.5) is 0 Å². The van der Waals surface area contributed by atoms with Crippen LogP contribution in [0.1, 0.15) is 59.3 Å². The van der Waals surface area contributed by atoms with E-state index in [1.807, 2.05) is 34.9 Å². The Kier molecular flexibility index (Phi) is 5.91. The Labute approximate surface area is 188 Å². The fourth-order valence-electron chi connectivity index (χ4n) is 5.20. The smallest absolute Gasteiger partial charge is 0.270 e. The summed E-state index contributed by atoms with van der Waals surface area (Å²) in [6.07, 6.45) is 10.2. The van der Waals surface area contributed by atoms with Crippen LogP contribution >= 0.6 is 0 Å². The van der Waals surface area contributed by atoms with E-state index in [0.29, 0.717) is 5.69 Å². The number of hydrogen-bond acceptors (Lipinski definition) is 4. The summed E-state index contributed by atoms with van der Waals surface area (Å²) < 4.78 is 1.84. The minimum absolute atomic E-state index is 0.0316. The van der Waals surface area contributed by atoms with Crippen molar-refractivity contribution in [3.8, 4) is 6.07 Å². The summed E-state index contributed by atoms with van der Waals surface area (Å²) in [6.45, 7) is 3.17. The number of nitrogens with zero attached hydrogens (tertiary/aromatic N) is 4. The number of amides is 1. The molecule has 1 N–H and O–H groups in total. The summed E-state index contributed by atoms with van der Waals surface area (Å²) in [7, 11) is 0. The lowest BCUT2D eigenvalue weighted by molar-refractivity contribution is 0.0913. The van der Waals surface area contributed by atoms with Crippen LogP contribution in [0, 0.1) is 17.2 Å². The minimum Gasteiger partial charge on any atom is -0.348 e.